The minimum atomic E-state index is 0.797. The van der Waals surface area contributed by atoms with Crippen LogP contribution in [0.2, 0.25) is 0 Å². The van der Waals surface area contributed by atoms with Crippen molar-refractivity contribution in [1.82, 2.24) is 19.9 Å². The fraction of sp³-hybridized carbons (Fsp3) is 0.529. The maximum atomic E-state index is 5.20. The van der Waals surface area contributed by atoms with Crippen LogP contribution in [-0.2, 0) is 20.0 Å². The Bertz CT molecular complexity index is 684. The van der Waals surface area contributed by atoms with Crippen molar-refractivity contribution in [2.75, 3.05) is 20.6 Å². The molecule has 0 unspecified atom stereocenters. The third-order valence-corrected chi connectivity index (χ3v) is 4.55. The molecule has 0 atom stereocenters. The first kappa shape index (κ1) is 18.6. The van der Waals surface area contributed by atoms with Gasteiger partial charge in [0.2, 0.25) is 0 Å². The summed E-state index contributed by atoms with van der Waals surface area (Å²) in [5.74, 6) is 1.81. The molecule has 2 aromatic heterocycles. The Kier molecular flexibility index (Phi) is 6.48. The first-order valence-electron chi connectivity index (χ1n) is 8.06. The third kappa shape index (κ3) is 4.63. The number of aliphatic imine (C=N–C) groups is 1. The van der Waals surface area contributed by atoms with Gasteiger partial charge in [-0.3, -0.25) is 4.99 Å². The Labute approximate surface area is 152 Å². The van der Waals surface area contributed by atoms with Crippen LogP contribution in [0.5, 0.6) is 0 Å². The Morgan fingerprint density at radius 2 is 2.21 bits per heavy atom. The highest BCUT2D eigenvalue weighted by atomic mass is 79.9. The molecule has 1 N–H and O–H groups in total. The van der Waals surface area contributed by atoms with Gasteiger partial charge < -0.3 is 19.3 Å². The van der Waals surface area contributed by atoms with E-state index in [0.717, 1.165) is 47.8 Å². The van der Waals surface area contributed by atoms with Crippen molar-refractivity contribution < 1.29 is 4.52 Å². The van der Waals surface area contributed by atoms with E-state index in [9.17, 15) is 0 Å². The van der Waals surface area contributed by atoms with Crippen molar-refractivity contribution in [3.63, 3.8) is 0 Å². The minimum absolute atomic E-state index is 0.797. The lowest BCUT2D eigenvalue weighted by Gasteiger charge is -2.22. The molecule has 24 heavy (non-hydrogen) atoms. The number of halogens is 1. The maximum absolute atomic E-state index is 5.20. The number of guanidine groups is 1. The lowest BCUT2D eigenvalue weighted by Crippen LogP contribution is -2.39. The van der Waals surface area contributed by atoms with Crippen LogP contribution in [0.4, 0.5) is 0 Å². The summed E-state index contributed by atoms with van der Waals surface area (Å²) in [5.41, 5.74) is 3.43. The van der Waals surface area contributed by atoms with Gasteiger partial charge in [-0.05, 0) is 48.7 Å². The number of nitrogens with one attached hydrogen (secondary N) is 1. The number of hydrogen-bond donors (Lipinski definition) is 1. The molecule has 132 valence electrons. The van der Waals surface area contributed by atoms with E-state index in [1.807, 2.05) is 35.0 Å². The minimum Gasteiger partial charge on any atom is -0.361 e. The van der Waals surface area contributed by atoms with E-state index in [2.05, 4.69) is 53.1 Å². The topological polar surface area (TPSA) is 58.6 Å². The first-order valence-corrected chi connectivity index (χ1v) is 8.86. The summed E-state index contributed by atoms with van der Waals surface area (Å²) >= 11 is 3.51. The summed E-state index contributed by atoms with van der Waals surface area (Å²) in [7, 11) is 5.91. The fourth-order valence-electron chi connectivity index (χ4n) is 2.75. The second kappa shape index (κ2) is 8.37. The van der Waals surface area contributed by atoms with E-state index in [4.69, 9.17) is 4.52 Å². The largest absolute Gasteiger partial charge is 0.361 e. The van der Waals surface area contributed by atoms with E-state index in [1.165, 1.54) is 11.3 Å². The van der Waals surface area contributed by atoms with Crippen molar-refractivity contribution in [2.24, 2.45) is 12.0 Å². The van der Waals surface area contributed by atoms with Gasteiger partial charge in [-0.2, -0.15) is 0 Å². The smallest absolute Gasteiger partial charge is 0.193 e. The molecule has 0 aliphatic heterocycles. The van der Waals surface area contributed by atoms with E-state index in [-0.39, 0.29) is 0 Å². The lowest BCUT2D eigenvalue weighted by molar-refractivity contribution is 0.392. The quantitative estimate of drug-likeness (QED) is 0.463. The Morgan fingerprint density at radius 3 is 2.75 bits per heavy atom. The highest BCUT2D eigenvalue weighted by Gasteiger charge is 2.11. The van der Waals surface area contributed by atoms with E-state index >= 15 is 0 Å². The number of nitrogens with zero attached hydrogens (tertiary/aromatic N) is 4. The normalized spacial score (nSPS) is 11.8. The Hall–Kier alpha value is -1.76. The lowest BCUT2D eigenvalue weighted by atomic mass is 10.1. The highest BCUT2D eigenvalue weighted by molar-refractivity contribution is 9.10. The van der Waals surface area contributed by atoms with Gasteiger partial charge in [-0.15, -0.1) is 0 Å². The van der Waals surface area contributed by atoms with Gasteiger partial charge in [0.25, 0.3) is 0 Å². The van der Waals surface area contributed by atoms with Crippen molar-refractivity contribution in [3.05, 3.63) is 39.4 Å². The van der Waals surface area contributed by atoms with Crippen molar-refractivity contribution >= 4 is 21.9 Å². The maximum Gasteiger partial charge on any atom is 0.193 e. The molecule has 6 nitrogen and oxygen atoms in total. The summed E-state index contributed by atoms with van der Waals surface area (Å²) in [6, 6.07) is 2.13. The molecule has 2 heterocycles. The zero-order valence-electron chi connectivity index (χ0n) is 15.1. The summed E-state index contributed by atoms with van der Waals surface area (Å²) in [5, 5.41) is 7.42. The van der Waals surface area contributed by atoms with Gasteiger partial charge in [0.1, 0.15) is 5.76 Å². The van der Waals surface area contributed by atoms with Crippen LogP contribution in [0.15, 0.2) is 26.3 Å². The average Bonchev–Trinajstić information content (AvgIpc) is 3.01. The van der Waals surface area contributed by atoms with Crippen molar-refractivity contribution in [3.8, 4) is 0 Å². The van der Waals surface area contributed by atoms with Crippen LogP contribution in [-0.4, -0.2) is 41.2 Å². The fourth-order valence-corrected chi connectivity index (χ4v) is 3.32. The predicted molar refractivity (Wildman–Crippen MR) is 100 cm³/mol. The molecular formula is C17H26BrN5O. The molecule has 0 saturated heterocycles. The molecule has 0 amide bonds. The predicted octanol–water partition coefficient (Wildman–Crippen LogP) is 3.03. The van der Waals surface area contributed by atoms with Gasteiger partial charge in [-0.1, -0.05) is 5.16 Å². The van der Waals surface area contributed by atoms with Crippen LogP contribution < -0.4 is 5.32 Å². The van der Waals surface area contributed by atoms with Crippen molar-refractivity contribution in [1.29, 1.82) is 0 Å². The van der Waals surface area contributed by atoms with Gasteiger partial charge in [0, 0.05) is 49.6 Å². The van der Waals surface area contributed by atoms with Crippen molar-refractivity contribution in [2.45, 2.75) is 33.2 Å². The second-order valence-electron chi connectivity index (χ2n) is 6.00. The molecule has 0 aliphatic carbocycles. The molecular weight excluding hydrogens is 370 g/mol. The van der Waals surface area contributed by atoms with Gasteiger partial charge >= 0.3 is 0 Å². The van der Waals surface area contributed by atoms with Gasteiger partial charge in [0.15, 0.2) is 5.96 Å². The molecule has 0 saturated carbocycles. The zero-order valence-corrected chi connectivity index (χ0v) is 16.6. The third-order valence-electron chi connectivity index (χ3n) is 4.11. The highest BCUT2D eigenvalue weighted by Crippen LogP contribution is 2.15. The second-order valence-corrected chi connectivity index (χ2v) is 6.91. The van der Waals surface area contributed by atoms with E-state index in [0.29, 0.717) is 0 Å². The average molecular weight is 396 g/mol. The molecule has 2 rings (SSSR count). The van der Waals surface area contributed by atoms with Crippen LogP contribution >= 0.6 is 15.9 Å². The molecule has 2 aromatic rings. The van der Waals surface area contributed by atoms with Crippen LogP contribution in [0.3, 0.4) is 0 Å². The first-order chi connectivity index (χ1) is 11.4. The number of aryl methyl sites for hydroxylation is 3. The van der Waals surface area contributed by atoms with Gasteiger partial charge in [0.05, 0.1) is 12.2 Å². The molecule has 0 bridgehead atoms. The monoisotopic (exact) mass is 395 g/mol. The standard InChI is InChI=1S/C17H26BrN5O/c1-12-16(13(2)24-21-12)7-6-8-20-17(19-3)23(5)11-15-9-14(18)10-22(15)4/h9-10H,6-8,11H2,1-5H3,(H,19,20). The van der Waals surface area contributed by atoms with Gasteiger partial charge in [-0.25, -0.2) is 0 Å². The van der Waals surface area contributed by atoms with Crippen LogP contribution in [0, 0.1) is 13.8 Å². The number of rotatable bonds is 6. The Morgan fingerprint density at radius 1 is 1.46 bits per heavy atom. The number of aromatic nitrogens is 2. The molecule has 7 heteroatoms. The van der Waals surface area contributed by atoms with Crippen LogP contribution in [0.1, 0.15) is 29.1 Å². The zero-order chi connectivity index (χ0) is 17.7. The summed E-state index contributed by atoms with van der Waals surface area (Å²) in [4.78, 5) is 6.49. The molecule has 0 radical (unpaired) electrons. The summed E-state index contributed by atoms with van der Waals surface area (Å²) in [6.07, 6.45) is 4.02. The number of hydrogen-bond acceptors (Lipinski definition) is 3. The summed E-state index contributed by atoms with van der Waals surface area (Å²) < 4.78 is 8.41. The van der Waals surface area contributed by atoms with E-state index in [1.54, 1.807) is 0 Å². The molecule has 0 aliphatic rings. The van der Waals surface area contributed by atoms with E-state index < -0.39 is 0 Å². The SMILES string of the molecule is CN=C(NCCCc1c(C)noc1C)N(C)Cc1cc(Br)cn1C. The van der Waals surface area contributed by atoms with Crippen LogP contribution in [0.25, 0.3) is 0 Å². The Balaban J connectivity index is 1.82. The molecule has 0 aromatic carbocycles. The molecule has 0 spiro atoms. The molecule has 0 fully saturated rings. The summed E-state index contributed by atoms with van der Waals surface area (Å²) in [6.45, 7) is 5.61.